The maximum Gasteiger partial charge on any atom is 0.128 e. The summed E-state index contributed by atoms with van der Waals surface area (Å²) in [5.74, 6) is 0.351. The Morgan fingerprint density at radius 2 is 2.28 bits per heavy atom. The first-order valence-corrected chi connectivity index (χ1v) is 6.61. The highest BCUT2D eigenvalue weighted by Crippen LogP contribution is 2.31. The van der Waals surface area contributed by atoms with Crippen molar-refractivity contribution in [1.29, 1.82) is 0 Å². The first kappa shape index (κ1) is 13.0. The van der Waals surface area contributed by atoms with Gasteiger partial charge in [-0.3, -0.25) is 0 Å². The smallest absolute Gasteiger partial charge is 0.128 e. The van der Waals surface area contributed by atoms with E-state index in [9.17, 15) is 4.39 Å². The Morgan fingerprint density at radius 3 is 3.00 bits per heavy atom. The van der Waals surface area contributed by atoms with Crippen LogP contribution in [0.5, 0.6) is 5.75 Å². The predicted molar refractivity (Wildman–Crippen MR) is 71.4 cm³/mol. The number of ether oxygens (including phenoxy) is 1. The Bertz CT molecular complexity index is 527. The summed E-state index contributed by atoms with van der Waals surface area (Å²) >= 11 is 1.56. The Morgan fingerprint density at radius 1 is 1.44 bits per heavy atom. The Labute approximate surface area is 110 Å². The van der Waals surface area contributed by atoms with Gasteiger partial charge in [0, 0.05) is 17.5 Å². The summed E-state index contributed by atoms with van der Waals surface area (Å²) in [6, 6.07) is 4.45. The van der Waals surface area contributed by atoms with E-state index in [-0.39, 0.29) is 5.82 Å². The molecule has 0 atom stereocenters. The molecule has 1 aromatic heterocycles. The maximum absolute atomic E-state index is 13.3. The summed E-state index contributed by atoms with van der Waals surface area (Å²) in [5.41, 5.74) is 1.45. The van der Waals surface area contributed by atoms with Crippen molar-refractivity contribution in [2.75, 3.05) is 13.7 Å². The van der Waals surface area contributed by atoms with Gasteiger partial charge in [-0.25, -0.2) is 9.37 Å². The number of benzene rings is 1. The second kappa shape index (κ2) is 5.93. The summed E-state index contributed by atoms with van der Waals surface area (Å²) in [6.45, 7) is 3.68. The van der Waals surface area contributed by atoms with Gasteiger partial charge in [0.05, 0.1) is 12.8 Å². The van der Waals surface area contributed by atoms with E-state index < -0.39 is 0 Å². The molecular formula is C13H15FN2OS. The van der Waals surface area contributed by atoms with Crippen LogP contribution < -0.4 is 10.1 Å². The van der Waals surface area contributed by atoms with Crippen molar-refractivity contribution in [3.05, 3.63) is 34.4 Å². The van der Waals surface area contributed by atoms with Crippen molar-refractivity contribution in [2.24, 2.45) is 0 Å². The molecule has 0 unspecified atom stereocenters. The van der Waals surface area contributed by atoms with Gasteiger partial charge in [0.1, 0.15) is 16.6 Å². The molecule has 0 fully saturated rings. The van der Waals surface area contributed by atoms with Gasteiger partial charge in [-0.2, -0.15) is 0 Å². The summed E-state index contributed by atoms with van der Waals surface area (Å²) in [5, 5.41) is 6.12. The third kappa shape index (κ3) is 2.86. The topological polar surface area (TPSA) is 34.2 Å². The van der Waals surface area contributed by atoms with Gasteiger partial charge in [0.2, 0.25) is 0 Å². The molecule has 0 saturated carbocycles. The van der Waals surface area contributed by atoms with E-state index >= 15 is 0 Å². The van der Waals surface area contributed by atoms with E-state index in [1.807, 2.05) is 12.3 Å². The molecular weight excluding hydrogens is 251 g/mol. The SMILES string of the molecule is CCNCc1nc(-c2cc(F)ccc2OC)cs1. The maximum atomic E-state index is 13.3. The lowest BCUT2D eigenvalue weighted by Crippen LogP contribution is -2.11. The first-order chi connectivity index (χ1) is 8.74. The number of nitrogens with one attached hydrogen (secondary N) is 1. The zero-order valence-corrected chi connectivity index (χ0v) is 11.2. The van der Waals surface area contributed by atoms with Gasteiger partial charge in [-0.05, 0) is 24.7 Å². The van der Waals surface area contributed by atoms with Crippen molar-refractivity contribution in [1.82, 2.24) is 10.3 Å². The molecule has 0 amide bonds. The largest absolute Gasteiger partial charge is 0.496 e. The minimum absolute atomic E-state index is 0.285. The van der Waals surface area contributed by atoms with Crippen LogP contribution in [0.15, 0.2) is 23.6 Å². The first-order valence-electron chi connectivity index (χ1n) is 5.73. The molecule has 0 aliphatic rings. The highest BCUT2D eigenvalue weighted by atomic mass is 32.1. The normalized spacial score (nSPS) is 10.6. The van der Waals surface area contributed by atoms with E-state index in [2.05, 4.69) is 10.3 Å². The van der Waals surface area contributed by atoms with Crippen LogP contribution in [0.1, 0.15) is 11.9 Å². The van der Waals surface area contributed by atoms with Crippen LogP contribution in [0.4, 0.5) is 4.39 Å². The fourth-order valence-corrected chi connectivity index (χ4v) is 2.39. The number of thiazole rings is 1. The van der Waals surface area contributed by atoms with Crippen molar-refractivity contribution in [2.45, 2.75) is 13.5 Å². The van der Waals surface area contributed by atoms with E-state index in [1.165, 1.54) is 12.1 Å². The zero-order chi connectivity index (χ0) is 13.0. The molecule has 96 valence electrons. The number of hydrogen-bond acceptors (Lipinski definition) is 4. The fourth-order valence-electron chi connectivity index (χ4n) is 1.63. The Kier molecular flexibility index (Phi) is 4.28. The van der Waals surface area contributed by atoms with Crippen LogP contribution in [-0.4, -0.2) is 18.6 Å². The monoisotopic (exact) mass is 266 g/mol. The minimum atomic E-state index is -0.285. The quantitative estimate of drug-likeness (QED) is 0.903. The fraction of sp³-hybridized carbons (Fsp3) is 0.308. The standard InChI is InChI=1S/C13H15FN2OS/c1-3-15-7-13-16-11(8-18-13)10-6-9(14)4-5-12(10)17-2/h4-6,8,15H,3,7H2,1-2H3. The van der Waals surface area contributed by atoms with Gasteiger partial charge < -0.3 is 10.1 Å². The molecule has 5 heteroatoms. The van der Waals surface area contributed by atoms with Crippen LogP contribution in [0.25, 0.3) is 11.3 Å². The molecule has 3 nitrogen and oxygen atoms in total. The third-order valence-corrected chi connectivity index (χ3v) is 3.36. The van der Waals surface area contributed by atoms with Crippen molar-refractivity contribution in [3.8, 4) is 17.0 Å². The van der Waals surface area contributed by atoms with Crippen LogP contribution in [0.2, 0.25) is 0 Å². The molecule has 1 N–H and O–H groups in total. The predicted octanol–water partition coefficient (Wildman–Crippen LogP) is 3.07. The molecule has 2 aromatic rings. The van der Waals surface area contributed by atoms with Gasteiger partial charge >= 0.3 is 0 Å². The molecule has 0 bridgehead atoms. The van der Waals surface area contributed by atoms with Crippen LogP contribution in [0, 0.1) is 5.82 Å². The second-order valence-electron chi connectivity index (χ2n) is 3.75. The molecule has 18 heavy (non-hydrogen) atoms. The second-order valence-corrected chi connectivity index (χ2v) is 4.69. The van der Waals surface area contributed by atoms with E-state index in [0.717, 1.165) is 23.8 Å². The molecule has 0 saturated heterocycles. The van der Waals surface area contributed by atoms with Gasteiger partial charge in [0.25, 0.3) is 0 Å². The molecule has 0 aliphatic heterocycles. The average molecular weight is 266 g/mol. The van der Waals surface area contributed by atoms with E-state index in [1.54, 1.807) is 24.5 Å². The van der Waals surface area contributed by atoms with Crippen molar-refractivity contribution >= 4 is 11.3 Å². The van der Waals surface area contributed by atoms with Crippen LogP contribution >= 0.6 is 11.3 Å². The molecule has 0 aliphatic carbocycles. The lowest BCUT2D eigenvalue weighted by atomic mass is 10.1. The minimum Gasteiger partial charge on any atom is -0.496 e. The summed E-state index contributed by atoms with van der Waals surface area (Å²) in [6.07, 6.45) is 0. The Hall–Kier alpha value is -1.46. The summed E-state index contributed by atoms with van der Waals surface area (Å²) < 4.78 is 18.5. The highest BCUT2D eigenvalue weighted by molar-refractivity contribution is 7.09. The van der Waals surface area contributed by atoms with Gasteiger partial charge in [0.15, 0.2) is 0 Å². The number of nitrogens with zero attached hydrogens (tertiary/aromatic N) is 1. The lowest BCUT2D eigenvalue weighted by Gasteiger charge is -2.05. The molecule has 0 spiro atoms. The van der Waals surface area contributed by atoms with E-state index in [4.69, 9.17) is 4.74 Å². The molecule has 2 rings (SSSR count). The number of rotatable bonds is 5. The van der Waals surface area contributed by atoms with E-state index in [0.29, 0.717) is 11.3 Å². The molecule has 1 heterocycles. The average Bonchev–Trinajstić information content (AvgIpc) is 2.85. The van der Waals surface area contributed by atoms with Crippen LogP contribution in [0.3, 0.4) is 0 Å². The lowest BCUT2D eigenvalue weighted by molar-refractivity contribution is 0.415. The van der Waals surface area contributed by atoms with Crippen LogP contribution in [-0.2, 0) is 6.54 Å². The summed E-state index contributed by atoms with van der Waals surface area (Å²) in [7, 11) is 1.57. The van der Waals surface area contributed by atoms with Gasteiger partial charge in [-0.1, -0.05) is 6.92 Å². The number of methoxy groups -OCH3 is 1. The number of hydrogen-bond donors (Lipinski definition) is 1. The van der Waals surface area contributed by atoms with Gasteiger partial charge in [-0.15, -0.1) is 11.3 Å². The summed E-state index contributed by atoms with van der Waals surface area (Å²) in [4.78, 5) is 4.48. The van der Waals surface area contributed by atoms with Crippen molar-refractivity contribution < 1.29 is 9.13 Å². The number of aromatic nitrogens is 1. The third-order valence-electron chi connectivity index (χ3n) is 2.52. The van der Waals surface area contributed by atoms with Crippen molar-refractivity contribution in [3.63, 3.8) is 0 Å². The number of halogens is 1. The Balaban J connectivity index is 2.30. The molecule has 0 radical (unpaired) electrons. The highest BCUT2D eigenvalue weighted by Gasteiger charge is 2.11. The molecule has 1 aromatic carbocycles. The zero-order valence-electron chi connectivity index (χ0n) is 10.4.